The molecule has 0 amide bonds. The van der Waals surface area contributed by atoms with Gasteiger partial charge in [0.15, 0.2) is 11.5 Å². The fourth-order valence-corrected chi connectivity index (χ4v) is 0.838. The Labute approximate surface area is 77.3 Å². The summed E-state index contributed by atoms with van der Waals surface area (Å²) in [7, 11) is 1.29. The number of hydrogen-bond acceptors (Lipinski definition) is 5. The number of carbonyl (C=O) groups is 1. The van der Waals surface area contributed by atoms with Crippen molar-refractivity contribution in [3.63, 3.8) is 0 Å². The summed E-state index contributed by atoms with van der Waals surface area (Å²) in [6.07, 6.45) is 1.26. The first-order valence-electron chi connectivity index (χ1n) is 3.11. The molecular weight excluding hydrogens is 226 g/mol. The third-order valence-corrected chi connectivity index (χ3v) is 1.62. The van der Waals surface area contributed by atoms with Gasteiger partial charge in [0.2, 0.25) is 0 Å². The van der Waals surface area contributed by atoms with Gasteiger partial charge >= 0.3 is 5.97 Å². The Hall–Kier alpha value is -1.04. The van der Waals surface area contributed by atoms with Gasteiger partial charge in [-0.15, -0.1) is 5.10 Å². The number of methoxy groups -OCH3 is 1. The first-order valence-corrected chi connectivity index (χ1v) is 4.23. The molecule has 0 aliphatic rings. The molecule has 1 heterocycles. The van der Waals surface area contributed by atoms with E-state index in [9.17, 15) is 4.79 Å². The van der Waals surface area contributed by atoms with Crippen molar-refractivity contribution >= 4 is 21.9 Å². The summed E-state index contributed by atoms with van der Waals surface area (Å²) in [6.45, 7) is 0. The van der Waals surface area contributed by atoms with E-state index < -0.39 is 5.97 Å². The Morgan fingerprint density at radius 3 is 3.08 bits per heavy atom. The molecule has 0 N–H and O–H groups in total. The summed E-state index contributed by atoms with van der Waals surface area (Å²) in [5, 5.41) is 7.70. The number of nitrogens with zero attached hydrogens (tertiary/aromatic N) is 3. The average Bonchev–Trinajstić information content (AvgIpc) is 2.17. The molecule has 1 rings (SSSR count). The molecule has 6 heteroatoms. The van der Waals surface area contributed by atoms with Crippen molar-refractivity contribution in [1.82, 2.24) is 15.2 Å². The van der Waals surface area contributed by atoms with Crippen LogP contribution in [0.5, 0.6) is 0 Å². The number of hydrogen-bond donors (Lipinski definition) is 0. The van der Waals surface area contributed by atoms with Crippen LogP contribution in [0.4, 0.5) is 0 Å². The van der Waals surface area contributed by atoms with E-state index in [1.165, 1.54) is 13.3 Å². The smallest absolute Gasteiger partial charge is 0.358 e. The highest BCUT2D eigenvalue weighted by Gasteiger charge is 2.08. The van der Waals surface area contributed by atoms with Crippen LogP contribution in [-0.2, 0) is 10.1 Å². The summed E-state index contributed by atoms with van der Waals surface area (Å²) in [5.41, 5.74) is 0.168. The molecular formula is C6H6BrN3O2. The number of rotatable bonds is 2. The van der Waals surface area contributed by atoms with Crippen molar-refractivity contribution in [1.29, 1.82) is 0 Å². The summed E-state index contributed by atoms with van der Waals surface area (Å²) in [5.74, 6) is -0.0509. The molecule has 0 aliphatic heterocycles. The number of halogens is 1. The SMILES string of the molecule is COC(=O)c1cnnc(CBr)n1. The molecule has 0 aliphatic carbocycles. The molecule has 5 nitrogen and oxygen atoms in total. The van der Waals surface area contributed by atoms with Crippen molar-refractivity contribution < 1.29 is 9.53 Å². The molecule has 0 fully saturated rings. The summed E-state index contributed by atoms with van der Waals surface area (Å²) in [6, 6.07) is 0. The van der Waals surface area contributed by atoms with Crippen LogP contribution < -0.4 is 0 Å². The molecule has 12 heavy (non-hydrogen) atoms. The van der Waals surface area contributed by atoms with Crippen LogP contribution in [0.25, 0.3) is 0 Å². The van der Waals surface area contributed by atoms with Gasteiger partial charge in [-0.05, 0) is 0 Å². The van der Waals surface area contributed by atoms with Crippen LogP contribution in [0.15, 0.2) is 6.20 Å². The molecule has 0 spiro atoms. The van der Waals surface area contributed by atoms with E-state index in [1.54, 1.807) is 0 Å². The highest BCUT2D eigenvalue weighted by molar-refractivity contribution is 9.08. The standard InChI is InChI=1S/C6H6BrN3O2/c1-12-6(11)4-3-8-10-5(2-7)9-4/h3H,2H2,1H3. The maximum atomic E-state index is 10.9. The van der Waals surface area contributed by atoms with Gasteiger partial charge in [0, 0.05) is 0 Å². The van der Waals surface area contributed by atoms with Crippen LogP contribution >= 0.6 is 15.9 Å². The molecule has 0 unspecified atom stereocenters. The molecule has 1 aromatic rings. The van der Waals surface area contributed by atoms with E-state index in [0.29, 0.717) is 11.2 Å². The predicted molar refractivity (Wildman–Crippen MR) is 43.8 cm³/mol. The molecule has 0 saturated carbocycles. The van der Waals surface area contributed by atoms with Crippen LogP contribution in [0.3, 0.4) is 0 Å². The lowest BCUT2D eigenvalue weighted by atomic mass is 10.5. The van der Waals surface area contributed by atoms with E-state index in [-0.39, 0.29) is 5.69 Å². The maximum absolute atomic E-state index is 10.9. The number of alkyl halides is 1. The van der Waals surface area contributed by atoms with Gasteiger partial charge < -0.3 is 4.74 Å². The fourth-order valence-electron chi connectivity index (χ4n) is 0.600. The number of esters is 1. The van der Waals surface area contributed by atoms with Gasteiger partial charge in [-0.25, -0.2) is 9.78 Å². The van der Waals surface area contributed by atoms with Crippen molar-refractivity contribution in [3.8, 4) is 0 Å². The molecule has 1 aromatic heterocycles. The van der Waals surface area contributed by atoms with Crippen LogP contribution in [0.2, 0.25) is 0 Å². The zero-order valence-electron chi connectivity index (χ0n) is 6.32. The van der Waals surface area contributed by atoms with Crippen molar-refractivity contribution in [2.24, 2.45) is 0 Å². The molecule has 0 atom stereocenters. The zero-order valence-corrected chi connectivity index (χ0v) is 7.91. The molecule has 64 valence electrons. The van der Waals surface area contributed by atoms with Gasteiger partial charge in [0.05, 0.1) is 18.6 Å². The Morgan fingerprint density at radius 2 is 2.50 bits per heavy atom. The van der Waals surface area contributed by atoms with Crippen molar-refractivity contribution in [2.75, 3.05) is 7.11 Å². The van der Waals surface area contributed by atoms with E-state index in [1.807, 2.05) is 0 Å². The number of aromatic nitrogens is 3. The predicted octanol–water partition coefficient (Wildman–Crippen LogP) is 0.553. The quantitative estimate of drug-likeness (QED) is 0.550. The second-order valence-electron chi connectivity index (χ2n) is 1.88. The van der Waals surface area contributed by atoms with Gasteiger partial charge in [0.1, 0.15) is 0 Å². The average molecular weight is 232 g/mol. The third-order valence-electron chi connectivity index (χ3n) is 1.12. The van der Waals surface area contributed by atoms with Gasteiger partial charge in [-0.1, -0.05) is 15.9 Å². The minimum absolute atomic E-state index is 0.168. The lowest BCUT2D eigenvalue weighted by Gasteiger charge is -1.97. The molecule has 0 radical (unpaired) electrons. The highest BCUT2D eigenvalue weighted by Crippen LogP contribution is 1.99. The second-order valence-corrected chi connectivity index (χ2v) is 2.44. The monoisotopic (exact) mass is 231 g/mol. The van der Waals surface area contributed by atoms with Crippen LogP contribution in [0.1, 0.15) is 16.3 Å². The minimum atomic E-state index is -0.507. The first kappa shape index (κ1) is 9.05. The van der Waals surface area contributed by atoms with E-state index >= 15 is 0 Å². The normalized spacial score (nSPS) is 9.50. The van der Waals surface area contributed by atoms with Crippen molar-refractivity contribution in [2.45, 2.75) is 5.33 Å². The Kier molecular flexibility index (Phi) is 3.09. The highest BCUT2D eigenvalue weighted by atomic mass is 79.9. The Morgan fingerprint density at radius 1 is 1.75 bits per heavy atom. The second kappa shape index (κ2) is 4.10. The van der Waals surface area contributed by atoms with Gasteiger partial charge in [-0.2, -0.15) is 5.10 Å². The summed E-state index contributed by atoms with van der Waals surface area (Å²) < 4.78 is 4.45. The zero-order chi connectivity index (χ0) is 8.97. The van der Waals surface area contributed by atoms with E-state index in [0.717, 1.165) is 0 Å². The van der Waals surface area contributed by atoms with E-state index in [2.05, 4.69) is 35.8 Å². The van der Waals surface area contributed by atoms with Gasteiger partial charge in [-0.3, -0.25) is 0 Å². The first-order chi connectivity index (χ1) is 5.77. The summed E-state index contributed by atoms with van der Waals surface area (Å²) in [4.78, 5) is 14.8. The minimum Gasteiger partial charge on any atom is -0.464 e. The summed E-state index contributed by atoms with van der Waals surface area (Å²) >= 11 is 3.15. The lowest BCUT2D eigenvalue weighted by Crippen LogP contribution is -2.07. The number of ether oxygens (including phenoxy) is 1. The maximum Gasteiger partial charge on any atom is 0.358 e. The van der Waals surface area contributed by atoms with Crippen LogP contribution in [0, 0.1) is 0 Å². The number of carbonyl (C=O) groups excluding carboxylic acids is 1. The lowest BCUT2D eigenvalue weighted by molar-refractivity contribution is 0.0592. The van der Waals surface area contributed by atoms with E-state index in [4.69, 9.17) is 0 Å². The fraction of sp³-hybridized carbons (Fsp3) is 0.333. The molecule has 0 bridgehead atoms. The Balaban J connectivity index is 2.93. The molecule has 0 aromatic carbocycles. The van der Waals surface area contributed by atoms with Crippen LogP contribution in [-0.4, -0.2) is 28.3 Å². The van der Waals surface area contributed by atoms with Gasteiger partial charge in [0.25, 0.3) is 0 Å². The third kappa shape index (κ3) is 1.97. The largest absolute Gasteiger partial charge is 0.464 e. The van der Waals surface area contributed by atoms with Crippen molar-refractivity contribution in [3.05, 3.63) is 17.7 Å². The Bertz CT molecular complexity index is 292. The topological polar surface area (TPSA) is 65.0 Å². The molecule has 0 saturated heterocycles.